The zero-order valence-electron chi connectivity index (χ0n) is 20.5. The van der Waals surface area contributed by atoms with E-state index in [4.69, 9.17) is 4.74 Å². The van der Waals surface area contributed by atoms with Crippen molar-refractivity contribution in [2.75, 3.05) is 34.8 Å². The number of nitrogens with one attached hydrogen (secondary N) is 1. The average molecular weight is 500 g/mol. The maximum absolute atomic E-state index is 13.5. The third-order valence-electron chi connectivity index (χ3n) is 7.27. The number of pyridine rings is 2. The van der Waals surface area contributed by atoms with Crippen molar-refractivity contribution in [3.05, 3.63) is 36.2 Å². The van der Waals surface area contributed by atoms with Gasteiger partial charge in [-0.1, -0.05) is 20.3 Å². The number of piperidine rings is 1. The Kier molecular flexibility index (Phi) is 6.53. The van der Waals surface area contributed by atoms with E-state index in [1.807, 2.05) is 0 Å². The first kappa shape index (κ1) is 24.4. The number of urea groups is 1. The van der Waals surface area contributed by atoms with E-state index in [0.717, 1.165) is 31.5 Å². The van der Waals surface area contributed by atoms with Crippen LogP contribution in [0.5, 0.6) is 5.75 Å². The number of alkyl halides is 2. The number of aromatic nitrogens is 2. The predicted molar refractivity (Wildman–Crippen MR) is 132 cm³/mol. The lowest BCUT2D eigenvalue weighted by molar-refractivity contribution is 0.0830. The Labute approximate surface area is 209 Å². The molecule has 2 aliphatic heterocycles. The summed E-state index contributed by atoms with van der Waals surface area (Å²) in [4.78, 5) is 38.7. The molecular formula is C26H31F2N5O3. The Morgan fingerprint density at radius 2 is 2.11 bits per heavy atom. The lowest BCUT2D eigenvalue weighted by atomic mass is 9.99. The molecule has 2 aromatic heterocycles. The molecule has 192 valence electrons. The fourth-order valence-electron chi connectivity index (χ4n) is 4.75. The number of hydrogen-bond donors (Lipinski definition) is 1. The number of hydrogen-bond acceptors (Lipinski definition) is 6. The normalized spacial score (nSPS) is 22.4. The number of Topliss-reactive ketones (excluding diaryl/α,β-unsaturated/α-hetero) is 1. The summed E-state index contributed by atoms with van der Waals surface area (Å²) in [5, 5.41) is 2.85. The molecule has 1 saturated heterocycles. The topological polar surface area (TPSA) is 87.7 Å². The van der Waals surface area contributed by atoms with Crippen LogP contribution in [0.1, 0.15) is 56.4 Å². The molecule has 1 saturated carbocycles. The number of amides is 2. The summed E-state index contributed by atoms with van der Waals surface area (Å²) in [7, 11) is 0. The highest BCUT2D eigenvalue weighted by Crippen LogP contribution is 2.51. The van der Waals surface area contributed by atoms with E-state index < -0.39 is 23.7 Å². The first-order valence-corrected chi connectivity index (χ1v) is 12.6. The Hall–Kier alpha value is -3.30. The van der Waals surface area contributed by atoms with Crippen LogP contribution in [-0.4, -0.2) is 53.4 Å². The van der Waals surface area contributed by atoms with Crippen molar-refractivity contribution < 1.29 is 23.1 Å². The highest BCUT2D eigenvalue weighted by molar-refractivity contribution is 6.05. The van der Waals surface area contributed by atoms with Gasteiger partial charge in [0, 0.05) is 44.1 Å². The van der Waals surface area contributed by atoms with Crippen molar-refractivity contribution in [1.29, 1.82) is 0 Å². The van der Waals surface area contributed by atoms with Crippen LogP contribution in [0.4, 0.5) is 30.9 Å². The van der Waals surface area contributed by atoms with Crippen LogP contribution in [0.15, 0.2) is 30.5 Å². The second-order valence-corrected chi connectivity index (χ2v) is 10.1. The van der Waals surface area contributed by atoms with Gasteiger partial charge in [0.05, 0.1) is 18.3 Å². The standard InChI is InChI=1S/C26H31F2N5O3/c1-3-16(2)15-36-19-8-9-29-23(12-19)31-25(35)33-18-5-4-10-32(14-18)21-7-6-20(30-24(21)33)22(34)11-17-13-26(17,27)28/h6-9,12,16-18H,3-5,10-11,13-15H2,1-2H3,(H,29,31,35)/t16-,17-,18+/m1/s1. The molecule has 5 rings (SSSR count). The molecule has 8 nitrogen and oxygen atoms in total. The summed E-state index contributed by atoms with van der Waals surface area (Å²) >= 11 is 0. The van der Waals surface area contributed by atoms with Gasteiger partial charge in [-0.2, -0.15) is 0 Å². The van der Waals surface area contributed by atoms with Crippen LogP contribution >= 0.6 is 0 Å². The quantitative estimate of drug-likeness (QED) is 0.506. The molecule has 0 spiro atoms. The number of carbonyl (C=O) groups excluding carboxylic acids is 2. The average Bonchev–Trinajstić information content (AvgIpc) is 3.47. The number of anilines is 3. The van der Waals surface area contributed by atoms with Gasteiger partial charge < -0.3 is 9.64 Å². The molecule has 2 bridgehead atoms. The molecule has 2 aromatic rings. The van der Waals surface area contributed by atoms with Crippen molar-refractivity contribution in [3.63, 3.8) is 0 Å². The Morgan fingerprint density at radius 3 is 2.86 bits per heavy atom. The van der Waals surface area contributed by atoms with Gasteiger partial charge in [-0.05, 0) is 37.0 Å². The van der Waals surface area contributed by atoms with Gasteiger partial charge in [-0.25, -0.2) is 23.5 Å². The van der Waals surface area contributed by atoms with Gasteiger partial charge in [-0.15, -0.1) is 0 Å². The van der Waals surface area contributed by atoms with Crippen molar-refractivity contribution in [2.45, 2.75) is 57.9 Å². The van der Waals surface area contributed by atoms with Crippen LogP contribution in [0.2, 0.25) is 0 Å². The monoisotopic (exact) mass is 499 g/mol. The molecule has 3 aliphatic rings. The summed E-state index contributed by atoms with van der Waals surface area (Å²) in [6, 6.07) is 6.25. The summed E-state index contributed by atoms with van der Waals surface area (Å²) in [5.74, 6) is -2.37. The third kappa shape index (κ3) is 4.99. The van der Waals surface area contributed by atoms with Gasteiger partial charge in [0.25, 0.3) is 5.92 Å². The largest absolute Gasteiger partial charge is 0.493 e. The van der Waals surface area contributed by atoms with Crippen LogP contribution in [-0.2, 0) is 0 Å². The maximum atomic E-state index is 13.5. The predicted octanol–water partition coefficient (Wildman–Crippen LogP) is 5.15. The number of rotatable bonds is 8. The van der Waals surface area contributed by atoms with Gasteiger partial charge in [0.1, 0.15) is 17.3 Å². The summed E-state index contributed by atoms with van der Waals surface area (Å²) in [6.07, 6.45) is 3.79. The van der Waals surface area contributed by atoms with Crippen molar-refractivity contribution in [2.24, 2.45) is 11.8 Å². The first-order valence-electron chi connectivity index (χ1n) is 12.6. The molecule has 3 atom stereocenters. The molecule has 10 heteroatoms. The summed E-state index contributed by atoms with van der Waals surface area (Å²) in [6.45, 7) is 6.27. The molecule has 0 unspecified atom stereocenters. The molecule has 1 aliphatic carbocycles. The smallest absolute Gasteiger partial charge is 0.329 e. The van der Waals surface area contributed by atoms with Gasteiger partial charge in [-0.3, -0.25) is 15.0 Å². The minimum absolute atomic E-state index is 0.106. The van der Waals surface area contributed by atoms with Crippen molar-refractivity contribution in [3.8, 4) is 5.75 Å². The summed E-state index contributed by atoms with van der Waals surface area (Å²) < 4.78 is 32.5. The number of fused-ring (bicyclic) bond motifs is 4. The van der Waals surface area contributed by atoms with E-state index in [1.54, 1.807) is 35.4 Å². The Balaban J connectivity index is 1.37. The van der Waals surface area contributed by atoms with Crippen LogP contribution in [0.25, 0.3) is 0 Å². The second-order valence-electron chi connectivity index (χ2n) is 10.1. The van der Waals surface area contributed by atoms with Gasteiger partial charge in [0.2, 0.25) is 0 Å². The van der Waals surface area contributed by atoms with E-state index in [1.165, 1.54) is 0 Å². The fourth-order valence-corrected chi connectivity index (χ4v) is 4.75. The van der Waals surface area contributed by atoms with Crippen LogP contribution in [0.3, 0.4) is 0 Å². The van der Waals surface area contributed by atoms with E-state index in [2.05, 4.69) is 34.0 Å². The second kappa shape index (κ2) is 9.63. The Morgan fingerprint density at radius 1 is 1.31 bits per heavy atom. The summed E-state index contributed by atoms with van der Waals surface area (Å²) in [5.41, 5.74) is 0.863. The Bertz CT molecular complexity index is 1160. The zero-order chi connectivity index (χ0) is 25.4. The van der Waals surface area contributed by atoms with Crippen LogP contribution in [0, 0.1) is 11.8 Å². The van der Waals surface area contributed by atoms with Gasteiger partial charge in [0.15, 0.2) is 11.6 Å². The fraction of sp³-hybridized carbons (Fsp3) is 0.538. The van der Waals surface area contributed by atoms with E-state index in [0.29, 0.717) is 36.5 Å². The minimum atomic E-state index is -2.77. The number of carbonyl (C=O) groups is 2. The van der Waals surface area contributed by atoms with E-state index >= 15 is 0 Å². The maximum Gasteiger partial charge on any atom is 0.329 e. The SMILES string of the molecule is CC[C@@H](C)COc1ccnc(NC(=O)N2c3nc(C(=O)C[C@@H]4CC4(F)F)ccc3N3CCC[C@H]2C3)c1. The molecule has 2 amide bonds. The van der Waals surface area contributed by atoms with E-state index in [-0.39, 0.29) is 24.6 Å². The minimum Gasteiger partial charge on any atom is -0.493 e. The molecule has 4 heterocycles. The highest BCUT2D eigenvalue weighted by atomic mass is 19.3. The molecule has 2 fully saturated rings. The molecule has 36 heavy (non-hydrogen) atoms. The molecule has 1 N–H and O–H groups in total. The lowest BCUT2D eigenvalue weighted by Gasteiger charge is -2.45. The molecule has 0 radical (unpaired) electrons. The zero-order valence-corrected chi connectivity index (χ0v) is 20.5. The van der Waals surface area contributed by atoms with Crippen molar-refractivity contribution >= 4 is 29.1 Å². The van der Waals surface area contributed by atoms with Crippen molar-refractivity contribution in [1.82, 2.24) is 9.97 Å². The molecular weight excluding hydrogens is 468 g/mol. The van der Waals surface area contributed by atoms with Gasteiger partial charge >= 0.3 is 6.03 Å². The number of halogens is 2. The number of nitrogens with zero attached hydrogens (tertiary/aromatic N) is 4. The van der Waals surface area contributed by atoms with Crippen LogP contribution < -0.4 is 19.9 Å². The molecule has 0 aromatic carbocycles. The van der Waals surface area contributed by atoms with E-state index in [9.17, 15) is 18.4 Å². The third-order valence-corrected chi connectivity index (χ3v) is 7.27. The number of ketones is 1. The lowest BCUT2D eigenvalue weighted by Crippen LogP contribution is -2.56. The number of ether oxygens (including phenoxy) is 1. The highest BCUT2D eigenvalue weighted by Gasteiger charge is 2.57. The first-order chi connectivity index (χ1) is 17.2.